The highest BCUT2D eigenvalue weighted by Gasteiger charge is 2.24. The molecule has 0 unspecified atom stereocenters. The molecule has 0 saturated carbocycles. The Labute approximate surface area is 163 Å². The van der Waals surface area contributed by atoms with Crippen molar-refractivity contribution >= 4 is 28.4 Å². The van der Waals surface area contributed by atoms with Crippen LogP contribution in [-0.4, -0.2) is 35.4 Å². The van der Waals surface area contributed by atoms with Gasteiger partial charge in [-0.05, 0) is 18.2 Å². The Kier molecular flexibility index (Phi) is 5.02. The normalized spacial score (nSPS) is 13.2. The van der Waals surface area contributed by atoms with Gasteiger partial charge in [0, 0.05) is 66.3 Å². The Bertz CT molecular complexity index is 1020. The van der Waals surface area contributed by atoms with E-state index in [1.54, 1.807) is 19.2 Å². The average Bonchev–Trinajstić information content (AvgIpc) is 3.10. The van der Waals surface area contributed by atoms with Crippen LogP contribution in [0.2, 0.25) is 0 Å². The number of nitrogens with zero attached hydrogens (tertiary/aromatic N) is 1. The van der Waals surface area contributed by atoms with Gasteiger partial charge >= 0.3 is 0 Å². The molecule has 2 N–H and O–H groups in total. The number of hydrogen-bond acceptors (Lipinski definition) is 3. The van der Waals surface area contributed by atoms with Crippen molar-refractivity contribution in [3.05, 3.63) is 59.8 Å². The van der Waals surface area contributed by atoms with Gasteiger partial charge in [0.2, 0.25) is 11.8 Å². The first-order valence-electron chi connectivity index (χ1n) is 9.44. The van der Waals surface area contributed by atoms with Crippen LogP contribution in [0.3, 0.4) is 0 Å². The molecule has 1 aliphatic rings. The summed E-state index contributed by atoms with van der Waals surface area (Å²) in [5, 5.41) is 3.99. The summed E-state index contributed by atoms with van der Waals surface area (Å²) < 4.78 is 5.15. The Hall–Kier alpha value is -3.28. The van der Waals surface area contributed by atoms with Crippen LogP contribution in [0.15, 0.2) is 48.5 Å². The predicted molar refractivity (Wildman–Crippen MR) is 108 cm³/mol. The molecule has 0 saturated heterocycles. The highest BCUT2D eigenvalue weighted by atomic mass is 16.5. The van der Waals surface area contributed by atoms with Crippen molar-refractivity contribution in [2.75, 3.05) is 19.0 Å². The summed E-state index contributed by atoms with van der Waals surface area (Å²) in [7, 11) is 1.58. The second kappa shape index (κ2) is 7.76. The molecule has 0 aliphatic carbocycles. The highest BCUT2D eigenvalue weighted by Crippen LogP contribution is 2.28. The van der Waals surface area contributed by atoms with Gasteiger partial charge < -0.3 is 19.9 Å². The molecule has 144 valence electrons. The van der Waals surface area contributed by atoms with Gasteiger partial charge in [-0.2, -0.15) is 0 Å². The molecule has 0 fully saturated rings. The maximum atomic E-state index is 12.6. The van der Waals surface area contributed by atoms with Gasteiger partial charge in [-0.1, -0.05) is 24.3 Å². The Morgan fingerprint density at radius 3 is 2.86 bits per heavy atom. The number of fused-ring (bicyclic) bond motifs is 3. The smallest absolute Gasteiger partial charge is 0.224 e. The molecule has 0 radical (unpaired) electrons. The minimum atomic E-state index is -0.175. The minimum Gasteiger partial charge on any atom is -0.497 e. The molecule has 0 spiro atoms. The van der Waals surface area contributed by atoms with Crippen molar-refractivity contribution in [1.29, 1.82) is 0 Å². The van der Waals surface area contributed by atoms with Crippen molar-refractivity contribution in [1.82, 2.24) is 9.88 Å². The monoisotopic (exact) mass is 377 g/mol. The third kappa shape index (κ3) is 3.71. The van der Waals surface area contributed by atoms with Gasteiger partial charge in [0.25, 0.3) is 0 Å². The fraction of sp³-hybridized carbons (Fsp3) is 0.273. The molecule has 0 bridgehead atoms. The number of carbonyl (C=O) groups excluding carboxylic acids is 2. The summed E-state index contributed by atoms with van der Waals surface area (Å²) in [5.41, 5.74) is 4.18. The third-order valence-corrected chi connectivity index (χ3v) is 5.15. The second-order valence-corrected chi connectivity index (χ2v) is 6.97. The number of anilines is 1. The van der Waals surface area contributed by atoms with Crippen LogP contribution in [0.5, 0.6) is 5.75 Å². The second-order valence-electron chi connectivity index (χ2n) is 6.97. The van der Waals surface area contributed by atoms with Gasteiger partial charge in [-0.15, -0.1) is 0 Å². The SMILES string of the molecule is COc1cccc(NC(=O)CCC(=O)N2CCc3[nH]c4ccccc4c3C2)c1. The lowest BCUT2D eigenvalue weighted by atomic mass is 10.0. The van der Waals surface area contributed by atoms with Crippen molar-refractivity contribution < 1.29 is 14.3 Å². The number of ether oxygens (including phenoxy) is 1. The molecular formula is C22H23N3O3. The molecule has 0 atom stereocenters. The lowest BCUT2D eigenvalue weighted by Gasteiger charge is -2.27. The van der Waals surface area contributed by atoms with Crippen LogP contribution in [0, 0.1) is 0 Å². The predicted octanol–water partition coefficient (Wildman–Crippen LogP) is 3.48. The molecule has 1 aromatic heterocycles. The number of rotatable bonds is 5. The van der Waals surface area contributed by atoms with E-state index >= 15 is 0 Å². The van der Waals surface area contributed by atoms with Gasteiger partial charge in [0.05, 0.1) is 7.11 Å². The van der Waals surface area contributed by atoms with Crippen LogP contribution < -0.4 is 10.1 Å². The molecule has 4 rings (SSSR count). The lowest BCUT2D eigenvalue weighted by Crippen LogP contribution is -2.36. The maximum Gasteiger partial charge on any atom is 0.224 e. The number of methoxy groups -OCH3 is 1. The summed E-state index contributed by atoms with van der Waals surface area (Å²) in [5.74, 6) is 0.514. The number of benzene rings is 2. The van der Waals surface area contributed by atoms with Crippen LogP contribution in [0.4, 0.5) is 5.69 Å². The quantitative estimate of drug-likeness (QED) is 0.715. The molecule has 28 heavy (non-hydrogen) atoms. The summed E-state index contributed by atoms with van der Waals surface area (Å²) in [6.45, 7) is 1.27. The zero-order valence-corrected chi connectivity index (χ0v) is 15.8. The van der Waals surface area contributed by atoms with Crippen LogP contribution >= 0.6 is 0 Å². The first-order chi connectivity index (χ1) is 13.6. The first kappa shape index (κ1) is 18.1. The standard InChI is InChI=1S/C22H23N3O3/c1-28-16-6-4-5-15(13-16)23-21(26)9-10-22(27)25-12-11-20-18(14-25)17-7-2-3-8-19(17)24-20/h2-8,13,24H,9-12,14H2,1H3,(H,23,26). The number of aromatic amines is 1. The Morgan fingerprint density at radius 2 is 2.00 bits per heavy atom. The number of amides is 2. The van der Waals surface area contributed by atoms with Crippen molar-refractivity contribution in [3.8, 4) is 5.75 Å². The summed E-state index contributed by atoms with van der Waals surface area (Å²) in [6, 6.07) is 15.3. The average molecular weight is 377 g/mol. The van der Waals surface area contributed by atoms with Crippen LogP contribution in [0.1, 0.15) is 24.1 Å². The zero-order valence-electron chi connectivity index (χ0n) is 15.8. The van der Waals surface area contributed by atoms with Gasteiger partial charge in [-0.3, -0.25) is 9.59 Å². The molecule has 3 aromatic rings. The van der Waals surface area contributed by atoms with E-state index in [2.05, 4.69) is 22.4 Å². The maximum absolute atomic E-state index is 12.6. The van der Waals surface area contributed by atoms with Crippen molar-refractivity contribution in [2.24, 2.45) is 0 Å². The number of H-pyrrole nitrogens is 1. The van der Waals surface area contributed by atoms with Crippen LogP contribution in [-0.2, 0) is 22.6 Å². The molecule has 1 aliphatic heterocycles. The van der Waals surface area contributed by atoms with Crippen LogP contribution in [0.25, 0.3) is 10.9 Å². The van der Waals surface area contributed by atoms with Crippen molar-refractivity contribution in [2.45, 2.75) is 25.8 Å². The highest BCUT2D eigenvalue weighted by molar-refractivity contribution is 5.93. The van der Waals surface area contributed by atoms with Gasteiger partial charge in [0.15, 0.2) is 0 Å². The van der Waals surface area contributed by atoms with E-state index in [-0.39, 0.29) is 24.7 Å². The van der Waals surface area contributed by atoms with Gasteiger partial charge in [-0.25, -0.2) is 0 Å². The fourth-order valence-corrected chi connectivity index (χ4v) is 3.68. The molecule has 2 amide bonds. The van der Waals surface area contributed by atoms with Gasteiger partial charge in [0.1, 0.15) is 5.75 Å². The summed E-state index contributed by atoms with van der Waals surface area (Å²) in [4.78, 5) is 30.1. The molecule has 6 nitrogen and oxygen atoms in total. The molecular weight excluding hydrogens is 354 g/mol. The zero-order chi connectivity index (χ0) is 19.5. The number of para-hydroxylation sites is 1. The van der Waals surface area contributed by atoms with E-state index in [1.165, 1.54) is 16.6 Å². The Balaban J connectivity index is 1.34. The first-order valence-corrected chi connectivity index (χ1v) is 9.44. The Morgan fingerprint density at radius 1 is 1.14 bits per heavy atom. The molecule has 2 heterocycles. The number of aromatic nitrogens is 1. The number of carbonyl (C=O) groups is 2. The third-order valence-electron chi connectivity index (χ3n) is 5.15. The largest absolute Gasteiger partial charge is 0.497 e. The fourth-order valence-electron chi connectivity index (χ4n) is 3.68. The minimum absolute atomic E-state index is 0.0109. The number of hydrogen-bond donors (Lipinski definition) is 2. The van der Waals surface area contributed by atoms with E-state index in [9.17, 15) is 9.59 Å². The van der Waals surface area contributed by atoms with E-state index in [4.69, 9.17) is 4.74 Å². The van der Waals surface area contributed by atoms with E-state index in [0.29, 0.717) is 24.5 Å². The van der Waals surface area contributed by atoms with E-state index < -0.39 is 0 Å². The topological polar surface area (TPSA) is 74.4 Å². The lowest BCUT2D eigenvalue weighted by molar-refractivity contribution is -0.133. The summed E-state index contributed by atoms with van der Waals surface area (Å²) >= 11 is 0. The molecule has 6 heteroatoms. The molecule has 2 aromatic carbocycles. The number of nitrogens with one attached hydrogen (secondary N) is 2. The van der Waals surface area contributed by atoms with E-state index in [0.717, 1.165) is 11.9 Å². The summed E-state index contributed by atoms with van der Waals surface area (Å²) in [6.07, 6.45) is 1.17. The van der Waals surface area contributed by atoms with Crippen molar-refractivity contribution in [3.63, 3.8) is 0 Å². The van der Waals surface area contributed by atoms with E-state index in [1.807, 2.05) is 29.2 Å².